The molecule has 114 valence electrons. The highest BCUT2D eigenvalue weighted by atomic mass is 16.5. The molecule has 0 saturated carbocycles. The van der Waals surface area contributed by atoms with Gasteiger partial charge in [-0.1, -0.05) is 0 Å². The Hall–Kier alpha value is -2.41. The van der Waals surface area contributed by atoms with Crippen LogP contribution in [0.5, 0.6) is 0 Å². The summed E-state index contributed by atoms with van der Waals surface area (Å²) in [5.74, 6) is -1.92. The molecule has 0 saturated heterocycles. The molecule has 1 amide bonds. The topological polar surface area (TPSA) is 108 Å². The van der Waals surface area contributed by atoms with E-state index in [4.69, 9.17) is 10.5 Å². The van der Waals surface area contributed by atoms with Crippen LogP contribution in [0.4, 0.5) is 5.69 Å². The van der Waals surface area contributed by atoms with E-state index in [1.54, 1.807) is 13.8 Å². The molecule has 0 spiro atoms. The van der Waals surface area contributed by atoms with Crippen LogP contribution in [-0.2, 0) is 19.1 Å². The molecule has 21 heavy (non-hydrogen) atoms. The first-order chi connectivity index (χ1) is 9.99. The van der Waals surface area contributed by atoms with E-state index in [1.807, 2.05) is 0 Å². The summed E-state index contributed by atoms with van der Waals surface area (Å²) in [7, 11) is 0. The van der Waals surface area contributed by atoms with Crippen molar-refractivity contribution in [3.05, 3.63) is 29.8 Å². The summed E-state index contributed by atoms with van der Waals surface area (Å²) in [6, 6.07) is 4.64. The zero-order valence-corrected chi connectivity index (χ0v) is 11.9. The summed E-state index contributed by atoms with van der Waals surface area (Å²) < 4.78 is 9.49. The van der Waals surface area contributed by atoms with E-state index in [9.17, 15) is 14.4 Å². The fraction of sp³-hybridized carbons (Fsp3) is 0.357. The Labute approximate surface area is 122 Å². The molecule has 1 aromatic rings. The molecule has 0 aliphatic heterocycles. The Kier molecular flexibility index (Phi) is 6.35. The standard InChI is InChI=1S/C14H18N2O5/c1-3-20-13(18)9-5-7-10(8-6-9)16-12(17)11(15)14(19)21-4-2/h5-8,11H,3-4,15H2,1-2H3,(H,16,17). The van der Waals surface area contributed by atoms with Crippen LogP contribution in [-0.4, -0.2) is 37.1 Å². The van der Waals surface area contributed by atoms with Crippen molar-refractivity contribution in [1.29, 1.82) is 0 Å². The molecule has 0 heterocycles. The molecule has 1 atom stereocenters. The average molecular weight is 294 g/mol. The maximum absolute atomic E-state index is 11.7. The number of benzene rings is 1. The van der Waals surface area contributed by atoms with Crippen molar-refractivity contribution >= 4 is 23.5 Å². The van der Waals surface area contributed by atoms with Gasteiger partial charge in [-0.15, -0.1) is 0 Å². The number of esters is 2. The van der Waals surface area contributed by atoms with Gasteiger partial charge in [0, 0.05) is 5.69 Å². The van der Waals surface area contributed by atoms with Crippen LogP contribution in [0.25, 0.3) is 0 Å². The Bertz CT molecular complexity index is 513. The second-order valence-electron chi connectivity index (χ2n) is 4.02. The molecule has 0 aliphatic carbocycles. The van der Waals surface area contributed by atoms with Crippen molar-refractivity contribution in [2.75, 3.05) is 18.5 Å². The van der Waals surface area contributed by atoms with E-state index in [0.717, 1.165) is 0 Å². The lowest BCUT2D eigenvalue weighted by Gasteiger charge is -2.11. The first-order valence-corrected chi connectivity index (χ1v) is 6.49. The largest absolute Gasteiger partial charge is 0.464 e. The van der Waals surface area contributed by atoms with Gasteiger partial charge in [0.25, 0.3) is 5.91 Å². The fourth-order valence-electron chi connectivity index (χ4n) is 1.46. The number of nitrogens with one attached hydrogen (secondary N) is 1. The van der Waals surface area contributed by atoms with Gasteiger partial charge in [0.2, 0.25) is 0 Å². The molecule has 1 unspecified atom stereocenters. The lowest BCUT2D eigenvalue weighted by atomic mass is 10.2. The Balaban J connectivity index is 2.65. The molecule has 0 radical (unpaired) electrons. The van der Waals surface area contributed by atoms with Gasteiger partial charge in [-0.25, -0.2) is 9.59 Å². The second kappa shape index (κ2) is 8.01. The predicted molar refractivity (Wildman–Crippen MR) is 75.6 cm³/mol. The van der Waals surface area contributed by atoms with Crippen LogP contribution in [0.3, 0.4) is 0 Å². The van der Waals surface area contributed by atoms with E-state index in [2.05, 4.69) is 10.1 Å². The van der Waals surface area contributed by atoms with Crippen molar-refractivity contribution in [3.63, 3.8) is 0 Å². The molecule has 0 aliphatic rings. The van der Waals surface area contributed by atoms with Crippen LogP contribution in [0.1, 0.15) is 24.2 Å². The molecule has 7 heteroatoms. The summed E-state index contributed by atoms with van der Waals surface area (Å²) in [4.78, 5) is 34.5. The number of rotatable bonds is 6. The average Bonchev–Trinajstić information content (AvgIpc) is 2.47. The van der Waals surface area contributed by atoms with E-state index in [1.165, 1.54) is 24.3 Å². The van der Waals surface area contributed by atoms with Gasteiger partial charge in [-0.05, 0) is 38.1 Å². The van der Waals surface area contributed by atoms with Crippen molar-refractivity contribution < 1.29 is 23.9 Å². The van der Waals surface area contributed by atoms with Gasteiger partial charge in [0.05, 0.1) is 18.8 Å². The highest BCUT2D eigenvalue weighted by molar-refractivity contribution is 6.08. The van der Waals surface area contributed by atoms with E-state index in [-0.39, 0.29) is 13.2 Å². The summed E-state index contributed by atoms with van der Waals surface area (Å²) in [6.07, 6.45) is 0. The summed E-state index contributed by atoms with van der Waals surface area (Å²) in [5.41, 5.74) is 6.23. The van der Waals surface area contributed by atoms with Gasteiger partial charge in [0.15, 0.2) is 6.04 Å². The van der Waals surface area contributed by atoms with E-state index >= 15 is 0 Å². The number of carbonyl (C=O) groups is 3. The molecule has 7 nitrogen and oxygen atoms in total. The fourth-order valence-corrected chi connectivity index (χ4v) is 1.46. The number of nitrogens with two attached hydrogens (primary N) is 1. The third kappa shape index (κ3) is 4.88. The van der Waals surface area contributed by atoms with Gasteiger partial charge < -0.3 is 20.5 Å². The van der Waals surface area contributed by atoms with Gasteiger partial charge in [-0.2, -0.15) is 0 Å². The lowest BCUT2D eigenvalue weighted by Crippen LogP contribution is -2.43. The van der Waals surface area contributed by atoms with Crippen LogP contribution in [0.2, 0.25) is 0 Å². The quantitative estimate of drug-likeness (QED) is 0.590. The van der Waals surface area contributed by atoms with Gasteiger partial charge in [0.1, 0.15) is 0 Å². The van der Waals surface area contributed by atoms with Crippen molar-refractivity contribution in [2.24, 2.45) is 5.73 Å². The molecular formula is C14H18N2O5. The Morgan fingerprint density at radius 3 is 2.19 bits per heavy atom. The number of hydrogen-bond donors (Lipinski definition) is 2. The molecule has 1 aromatic carbocycles. The third-order valence-electron chi connectivity index (χ3n) is 2.49. The van der Waals surface area contributed by atoms with Crippen LogP contribution >= 0.6 is 0 Å². The molecule has 0 fully saturated rings. The number of ether oxygens (including phenoxy) is 2. The first kappa shape index (κ1) is 16.6. The monoisotopic (exact) mass is 294 g/mol. The molecular weight excluding hydrogens is 276 g/mol. The third-order valence-corrected chi connectivity index (χ3v) is 2.49. The van der Waals surface area contributed by atoms with Gasteiger partial charge >= 0.3 is 11.9 Å². The highest BCUT2D eigenvalue weighted by Crippen LogP contribution is 2.11. The van der Waals surface area contributed by atoms with Crippen LogP contribution < -0.4 is 11.1 Å². The zero-order valence-electron chi connectivity index (χ0n) is 11.9. The molecule has 3 N–H and O–H groups in total. The normalized spacial score (nSPS) is 11.4. The molecule has 0 aromatic heterocycles. The Morgan fingerprint density at radius 1 is 1.10 bits per heavy atom. The predicted octanol–water partition coefficient (Wildman–Crippen LogP) is 0.692. The van der Waals surface area contributed by atoms with Crippen molar-refractivity contribution in [2.45, 2.75) is 19.9 Å². The summed E-state index contributed by atoms with van der Waals surface area (Å²) >= 11 is 0. The first-order valence-electron chi connectivity index (χ1n) is 6.49. The van der Waals surface area contributed by atoms with E-state index < -0.39 is 23.9 Å². The zero-order chi connectivity index (χ0) is 15.8. The minimum Gasteiger partial charge on any atom is -0.464 e. The number of amides is 1. The number of carbonyl (C=O) groups excluding carboxylic acids is 3. The van der Waals surface area contributed by atoms with Crippen LogP contribution in [0.15, 0.2) is 24.3 Å². The smallest absolute Gasteiger partial charge is 0.338 e. The van der Waals surface area contributed by atoms with E-state index in [0.29, 0.717) is 11.3 Å². The van der Waals surface area contributed by atoms with Crippen molar-refractivity contribution in [1.82, 2.24) is 0 Å². The minimum atomic E-state index is -1.39. The summed E-state index contributed by atoms with van der Waals surface area (Å²) in [5, 5.41) is 2.46. The number of hydrogen-bond acceptors (Lipinski definition) is 6. The second-order valence-corrected chi connectivity index (χ2v) is 4.02. The lowest BCUT2D eigenvalue weighted by molar-refractivity contribution is -0.146. The maximum atomic E-state index is 11.7. The maximum Gasteiger partial charge on any atom is 0.338 e. The van der Waals surface area contributed by atoms with Gasteiger partial charge in [-0.3, -0.25) is 4.79 Å². The van der Waals surface area contributed by atoms with Crippen molar-refractivity contribution in [3.8, 4) is 0 Å². The highest BCUT2D eigenvalue weighted by Gasteiger charge is 2.23. The molecule has 1 rings (SSSR count). The minimum absolute atomic E-state index is 0.147. The summed E-state index contributed by atoms with van der Waals surface area (Å²) in [6.45, 7) is 3.76. The molecule has 0 bridgehead atoms. The number of anilines is 1. The van der Waals surface area contributed by atoms with Crippen LogP contribution in [0, 0.1) is 0 Å². The SMILES string of the molecule is CCOC(=O)c1ccc(NC(=O)C(N)C(=O)OCC)cc1. The Morgan fingerprint density at radius 2 is 1.67 bits per heavy atom.